The zero-order valence-corrected chi connectivity index (χ0v) is 14.5. The number of pyridine rings is 1. The summed E-state index contributed by atoms with van der Waals surface area (Å²) in [6, 6.07) is 11.8. The summed E-state index contributed by atoms with van der Waals surface area (Å²) in [5, 5.41) is 12.7. The molecule has 1 aromatic carbocycles. The second kappa shape index (κ2) is 7.06. The highest BCUT2D eigenvalue weighted by Gasteiger charge is 2.25. The minimum absolute atomic E-state index is 0.392. The van der Waals surface area contributed by atoms with Crippen LogP contribution in [0.15, 0.2) is 53.9 Å². The standard InChI is InChI=1S/C18H17N5OS/c1-2-10-25-18-21-17-15(22-23-18)13-7-3-4-8-14(13)20-16(24-17)12-6-5-9-19-11-12/h3-9,11,16,20H,2,10H2,1H3/t16-/m0/s1. The van der Waals surface area contributed by atoms with Crippen LogP contribution in [0.25, 0.3) is 11.3 Å². The van der Waals surface area contributed by atoms with E-state index < -0.39 is 6.23 Å². The van der Waals surface area contributed by atoms with Crippen molar-refractivity contribution in [1.82, 2.24) is 20.2 Å². The van der Waals surface area contributed by atoms with Gasteiger partial charge in [-0.05, 0) is 18.6 Å². The summed E-state index contributed by atoms with van der Waals surface area (Å²) >= 11 is 1.58. The van der Waals surface area contributed by atoms with Crippen molar-refractivity contribution < 1.29 is 4.74 Å². The van der Waals surface area contributed by atoms with E-state index in [1.807, 2.05) is 36.4 Å². The van der Waals surface area contributed by atoms with Gasteiger partial charge in [-0.2, -0.15) is 4.98 Å². The summed E-state index contributed by atoms with van der Waals surface area (Å²) in [6.45, 7) is 2.12. The SMILES string of the molecule is CCCSc1nnc2c(n1)O[C@@H](c1cccnc1)Nc1ccccc1-2. The normalized spacial score (nSPS) is 15.3. The third-order valence-corrected chi connectivity index (χ3v) is 4.80. The van der Waals surface area contributed by atoms with Crippen molar-refractivity contribution >= 4 is 17.4 Å². The summed E-state index contributed by atoms with van der Waals surface area (Å²) in [5.74, 6) is 1.43. The first-order chi connectivity index (χ1) is 12.3. The molecule has 126 valence electrons. The van der Waals surface area contributed by atoms with Gasteiger partial charge in [-0.25, -0.2) is 0 Å². The van der Waals surface area contributed by atoms with Crippen LogP contribution in [0.4, 0.5) is 5.69 Å². The summed E-state index contributed by atoms with van der Waals surface area (Å²) in [4.78, 5) is 8.78. The highest BCUT2D eigenvalue weighted by atomic mass is 32.2. The maximum absolute atomic E-state index is 6.17. The van der Waals surface area contributed by atoms with Gasteiger partial charge in [0.05, 0.1) is 0 Å². The van der Waals surface area contributed by atoms with E-state index in [-0.39, 0.29) is 0 Å². The number of benzene rings is 1. The molecular formula is C18H17N5OS. The monoisotopic (exact) mass is 351 g/mol. The van der Waals surface area contributed by atoms with Crippen LogP contribution in [0.2, 0.25) is 0 Å². The highest BCUT2D eigenvalue weighted by molar-refractivity contribution is 7.99. The number of para-hydroxylation sites is 1. The maximum atomic E-state index is 6.17. The Labute approximate surface area is 150 Å². The van der Waals surface area contributed by atoms with Gasteiger partial charge in [-0.15, -0.1) is 10.2 Å². The van der Waals surface area contributed by atoms with Gasteiger partial charge in [0.1, 0.15) is 0 Å². The molecule has 0 radical (unpaired) electrons. The fourth-order valence-electron chi connectivity index (χ4n) is 2.58. The number of fused-ring (bicyclic) bond motifs is 3. The maximum Gasteiger partial charge on any atom is 0.247 e. The number of nitrogens with zero attached hydrogens (tertiary/aromatic N) is 4. The molecule has 0 bridgehead atoms. The van der Waals surface area contributed by atoms with Crippen LogP contribution in [0.5, 0.6) is 5.88 Å². The predicted molar refractivity (Wildman–Crippen MR) is 97.5 cm³/mol. The minimum atomic E-state index is -0.392. The Morgan fingerprint density at radius 1 is 1.16 bits per heavy atom. The first-order valence-electron chi connectivity index (χ1n) is 8.15. The molecule has 6 nitrogen and oxygen atoms in total. The van der Waals surface area contributed by atoms with Gasteiger partial charge in [-0.1, -0.05) is 43.0 Å². The zero-order valence-electron chi connectivity index (χ0n) is 13.7. The van der Waals surface area contributed by atoms with Crippen molar-refractivity contribution in [3.63, 3.8) is 0 Å². The van der Waals surface area contributed by atoms with Gasteiger partial charge >= 0.3 is 0 Å². The molecule has 0 fully saturated rings. The van der Waals surface area contributed by atoms with E-state index in [4.69, 9.17) is 4.74 Å². The van der Waals surface area contributed by atoms with Gasteiger partial charge in [0.25, 0.3) is 0 Å². The fraction of sp³-hybridized carbons (Fsp3) is 0.222. The fourth-order valence-corrected chi connectivity index (χ4v) is 3.22. The van der Waals surface area contributed by atoms with E-state index in [1.54, 1.807) is 24.2 Å². The van der Waals surface area contributed by atoms with Crippen molar-refractivity contribution in [3.8, 4) is 17.1 Å². The number of hydrogen-bond donors (Lipinski definition) is 1. The minimum Gasteiger partial charge on any atom is -0.448 e. The number of nitrogens with one attached hydrogen (secondary N) is 1. The number of ether oxygens (including phenoxy) is 1. The number of hydrogen-bond acceptors (Lipinski definition) is 7. The Balaban J connectivity index is 1.79. The van der Waals surface area contributed by atoms with Crippen molar-refractivity contribution in [2.45, 2.75) is 24.7 Å². The number of rotatable bonds is 4. The molecule has 0 saturated carbocycles. The average molecular weight is 351 g/mol. The van der Waals surface area contributed by atoms with Gasteiger partial charge in [0.2, 0.25) is 11.0 Å². The molecule has 3 aromatic rings. The third-order valence-electron chi connectivity index (χ3n) is 3.76. The summed E-state index contributed by atoms with van der Waals surface area (Å²) < 4.78 is 6.17. The van der Waals surface area contributed by atoms with Crippen LogP contribution >= 0.6 is 11.8 Å². The number of thioether (sulfide) groups is 1. The summed E-state index contributed by atoms with van der Waals surface area (Å²) in [7, 11) is 0. The lowest BCUT2D eigenvalue weighted by Crippen LogP contribution is -2.17. The third kappa shape index (κ3) is 3.28. The highest BCUT2D eigenvalue weighted by Crippen LogP contribution is 2.39. The predicted octanol–water partition coefficient (Wildman–Crippen LogP) is 3.94. The molecule has 0 aliphatic carbocycles. The van der Waals surface area contributed by atoms with E-state index in [0.717, 1.165) is 29.0 Å². The Morgan fingerprint density at radius 3 is 2.92 bits per heavy atom. The van der Waals surface area contributed by atoms with Crippen LogP contribution in [0.1, 0.15) is 25.1 Å². The van der Waals surface area contributed by atoms with E-state index in [1.165, 1.54) is 0 Å². The summed E-state index contributed by atoms with van der Waals surface area (Å²) in [5.41, 5.74) is 3.43. The van der Waals surface area contributed by atoms with Crippen LogP contribution in [-0.4, -0.2) is 25.9 Å². The Morgan fingerprint density at radius 2 is 2.08 bits per heavy atom. The molecule has 1 N–H and O–H groups in total. The molecule has 0 spiro atoms. The molecule has 2 aromatic heterocycles. The van der Waals surface area contributed by atoms with Crippen LogP contribution in [0.3, 0.4) is 0 Å². The molecule has 1 aliphatic heterocycles. The topological polar surface area (TPSA) is 72.8 Å². The molecule has 4 rings (SSSR count). The first kappa shape index (κ1) is 15.8. The van der Waals surface area contributed by atoms with Gasteiger partial charge in [0.15, 0.2) is 11.9 Å². The molecule has 0 amide bonds. The molecule has 1 atom stereocenters. The lowest BCUT2D eigenvalue weighted by atomic mass is 10.1. The number of aromatic nitrogens is 4. The van der Waals surface area contributed by atoms with E-state index >= 15 is 0 Å². The van der Waals surface area contributed by atoms with Gasteiger partial charge in [-0.3, -0.25) is 4.98 Å². The Bertz CT molecular complexity index is 874. The van der Waals surface area contributed by atoms with Crippen LogP contribution in [0, 0.1) is 0 Å². The van der Waals surface area contributed by atoms with Crippen LogP contribution < -0.4 is 10.1 Å². The van der Waals surface area contributed by atoms with Gasteiger partial charge < -0.3 is 10.1 Å². The lowest BCUT2D eigenvalue weighted by Gasteiger charge is -2.18. The van der Waals surface area contributed by atoms with Gasteiger partial charge in [0, 0.05) is 35.0 Å². The second-order valence-electron chi connectivity index (χ2n) is 5.57. The smallest absolute Gasteiger partial charge is 0.247 e. The Hall–Kier alpha value is -2.67. The molecular weight excluding hydrogens is 334 g/mol. The number of anilines is 1. The van der Waals surface area contributed by atoms with E-state index in [2.05, 4.69) is 32.4 Å². The second-order valence-corrected chi connectivity index (χ2v) is 6.63. The van der Waals surface area contributed by atoms with Crippen molar-refractivity contribution in [1.29, 1.82) is 0 Å². The van der Waals surface area contributed by atoms with Crippen molar-refractivity contribution in [2.75, 3.05) is 11.1 Å². The molecule has 1 aliphatic rings. The quantitative estimate of drug-likeness (QED) is 0.714. The first-order valence-corrected chi connectivity index (χ1v) is 9.13. The largest absolute Gasteiger partial charge is 0.448 e. The molecule has 7 heteroatoms. The van der Waals surface area contributed by atoms with Crippen molar-refractivity contribution in [3.05, 3.63) is 54.4 Å². The molecule has 3 heterocycles. The molecule has 0 unspecified atom stereocenters. The molecule has 25 heavy (non-hydrogen) atoms. The lowest BCUT2D eigenvalue weighted by molar-refractivity contribution is 0.225. The molecule has 0 saturated heterocycles. The summed E-state index contributed by atoms with van der Waals surface area (Å²) in [6.07, 6.45) is 4.18. The Kier molecular flexibility index (Phi) is 4.47. The average Bonchev–Trinajstić information content (AvgIpc) is 2.83. The van der Waals surface area contributed by atoms with E-state index in [9.17, 15) is 0 Å². The van der Waals surface area contributed by atoms with E-state index in [0.29, 0.717) is 16.7 Å². The van der Waals surface area contributed by atoms with Crippen molar-refractivity contribution in [2.24, 2.45) is 0 Å². The zero-order chi connectivity index (χ0) is 17.1. The van der Waals surface area contributed by atoms with Crippen LogP contribution in [-0.2, 0) is 0 Å².